The van der Waals surface area contributed by atoms with Gasteiger partial charge in [0.1, 0.15) is 5.01 Å². The molecule has 27 heavy (non-hydrogen) atoms. The number of carbonyl (C=O) groups is 1. The van der Waals surface area contributed by atoms with Crippen LogP contribution in [-0.4, -0.2) is 46.1 Å². The number of aromatic nitrogens is 2. The van der Waals surface area contributed by atoms with Crippen molar-refractivity contribution in [2.75, 3.05) is 25.0 Å². The molecule has 3 heterocycles. The molecular formula is C20H23N5OS. The molecule has 0 radical (unpaired) electrons. The van der Waals surface area contributed by atoms with Crippen LogP contribution < -0.4 is 10.6 Å². The molecule has 0 atom stereocenters. The zero-order valence-electron chi connectivity index (χ0n) is 15.5. The van der Waals surface area contributed by atoms with Gasteiger partial charge < -0.3 is 15.5 Å². The smallest absolute Gasteiger partial charge is 0.321 e. The number of anilines is 1. The number of nitrogens with one attached hydrogen (secondary N) is 2. The van der Waals surface area contributed by atoms with Gasteiger partial charge in [-0.25, -0.2) is 9.78 Å². The van der Waals surface area contributed by atoms with Gasteiger partial charge in [-0.2, -0.15) is 0 Å². The van der Waals surface area contributed by atoms with Crippen molar-refractivity contribution in [1.29, 1.82) is 0 Å². The Balaban J connectivity index is 1.53. The largest absolute Gasteiger partial charge is 0.323 e. The lowest BCUT2D eigenvalue weighted by atomic mass is 10.1. The van der Waals surface area contributed by atoms with Crippen molar-refractivity contribution in [1.82, 2.24) is 20.2 Å². The van der Waals surface area contributed by atoms with E-state index in [-0.39, 0.29) is 11.6 Å². The van der Waals surface area contributed by atoms with E-state index in [2.05, 4.69) is 40.5 Å². The highest BCUT2D eigenvalue weighted by Crippen LogP contribution is 2.30. The topological polar surface area (TPSA) is 70.2 Å². The van der Waals surface area contributed by atoms with Gasteiger partial charge in [0, 0.05) is 30.4 Å². The SMILES string of the molecule is CC1(C)CN(C(=O)Nc2cncc(-c3nc4ccccc4s3)c2)CCCN1. The maximum atomic E-state index is 12.7. The van der Waals surface area contributed by atoms with E-state index in [9.17, 15) is 4.79 Å². The summed E-state index contributed by atoms with van der Waals surface area (Å²) in [7, 11) is 0. The maximum Gasteiger partial charge on any atom is 0.321 e. The molecule has 0 unspecified atom stereocenters. The van der Waals surface area contributed by atoms with Crippen LogP contribution in [0.2, 0.25) is 0 Å². The van der Waals surface area contributed by atoms with E-state index in [1.54, 1.807) is 23.7 Å². The molecule has 1 saturated heterocycles. The van der Waals surface area contributed by atoms with Crippen LogP contribution >= 0.6 is 11.3 Å². The molecule has 140 valence electrons. The van der Waals surface area contributed by atoms with Crippen molar-refractivity contribution in [3.05, 3.63) is 42.7 Å². The van der Waals surface area contributed by atoms with Crippen molar-refractivity contribution < 1.29 is 4.79 Å². The fourth-order valence-electron chi connectivity index (χ4n) is 3.31. The average Bonchev–Trinajstić information content (AvgIpc) is 2.99. The molecule has 4 rings (SSSR count). The molecular weight excluding hydrogens is 358 g/mol. The number of para-hydroxylation sites is 1. The predicted molar refractivity (Wildman–Crippen MR) is 110 cm³/mol. The average molecular weight is 382 g/mol. The predicted octanol–water partition coefficient (Wildman–Crippen LogP) is 3.96. The molecule has 0 aliphatic carbocycles. The Labute approximate surface area is 162 Å². The van der Waals surface area contributed by atoms with Crippen molar-refractivity contribution in [2.45, 2.75) is 25.8 Å². The highest BCUT2D eigenvalue weighted by atomic mass is 32.1. The number of pyridine rings is 1. The summed E-state index contributed by atoms with van der Waals surface area (Å²) in [5.41, 5.74) is 2.49. The molecule has 7 heteroatoms. The van der Waals surface area contributed by atoms with Crippen LogP contribution in [0, 0.1) is 0 Å². The Morgan fingerprint density at radius 3 is 3.00 bits per heavy atom. The normalized spacial score (nSPS) is 16.9. The molecule has 2 aromatic heterocycles. The van der Waals surface area contributed by atoms with Gasteiger partial charge >= 0.3 is 6.03 Å². The molecule has 2 amide bonds. The fourth-order valence-corrected chi connectivity index (χ4v) is 4.25. The number of fused-ring (bicyclic) bond motifs is 1. The summed E-state index contributed by atoms with van der Waals surface area (Å²) in [6.07, 6.45) is 4.41. The van der Waals surface area contributed by atoms with Gasteiger partial charge in [0.2, 0.25) is 0 Å². The zero-order chi connectivity index (χ0) is 18.9. The Hall–Kier alpha value is -2.51. The van der Waals surface area contributed by atoms with Gasteiger partial charge in [0.15, 0.2) is 0 Å². The lowest BCUT2D eigenvalue weighted by Crippen LogP contribution is -2.48. The van der Waals surface area contributed by atoms with Crippen LogP contribution in [0.1, 0.15) is 20.3 Å². The molecule has 3 aromatic rings. The zero-order valence-corrected chi connectivity index (χ0v) is 16.3. The highest BCUT2D eigenvalue weighted by molar-refractivity contribution is 7.21. The number of carbonyl (C=O) groups excluding carboxylic acids is 1. The third kappa shape index (κ3) is 4.09. The molecule has 0 bridgehead atoms. The first-order valence-corrected chi connectivity index (χ1v) is 9.94. The van der Waals surface area contributed by atoms with Crippen LogP contribution in [0.5, 0.6) is 0 Å². The summed E-state index contributed by atoms with van der Waals surface area (Å²) >= 11 is 1.63. The molecule has 1 aromatic carbocycles. The second kappa shape index (κ2) is 7.25. The molecule has 2 N–H and O–H groups in total. The van der Waals surface area contributed by atoms with Crippen LogP contribution in [0.25, 0.3) is 20.8 Å². The first-order chi connectivity index (χ1) is 13.0. The minimum absolute atomic E-state index is 0.0879. The summed E-state index contributed by atoms with van der Waals surface area (Å²) in [5, 5.41) is 7.37. The van der Waals surface area contributed by atoms with E-state index in [4.69, 9.17) is 0 Å². The molecule has 0 saturated carbocycles. The van der Waals surface area contributed by atoms with Crippen molar-refractivity contribution in [3.8, 4) is 10.6 Å². The molecule has 6 nitrogen and oxygen atoms in total. The standard InChI is InChI=1S/C20H23N5OS/c1-20(2)13-25(9-5-8-22-20)19(26)23-15-10-14(11-21-12-15)18-24-16-6-3-4-7-17(16)27-18/h3-4,6-7,10-12,22H,5,8-9,13H2,1-2H3,(H,23,26). The third-order valence-corrected chi connectivity index (χ3v) is 5.70. The fraction of sp³-hybridized carbons (Fsp3) is 0.350. The number of benzene rings is 1. The lowest BCUT2D eigenvalue weighted by Gasteiger charge is -2.30. The Kier molecular flexibility index (Phi) is 4.80. The van der Waals surface area contributed by atoms with Crippen molar-refractivity contribution in [3.63, 3.8) is 0 Å². The maximum absolute atomic E-state index is 12.7. The van der Waals surface area contributed by atoms with Gasteiger partial charge in [-0.3, -0.25) is 4.98 Å². The van der Waals surface area contributed by atoms with Gasteiger partial charge in [-0.05, 0) is 45.0 Å². The number of thiazole rings is 1. The van der Waals surface area contributed by atoms with E-state index < -0.39 is 0 Å². The molecule has 0 spiro atoms. The summed E-state index contributed by atoms with van der Waals surface area (Å²) < 4.78 is 1.14. The van der Waals surface area contributed by atoms with E-state index in [1.165, 1.54) is 0 Å². The van der Waals surface area contributed by atoms with E-state index >= 15 is 0 Å². The third-order valence-electron chi connectivity index (χ3n) is 4.61. The minimum Gasteiger partial charge on any atom is -0.323 e. The van der Waals surface area contributed by atoms with Crippen molar-refractivity contribution in [2.24, 2.45) is 0 Å². The number of hydrogen-bond donors (Lipinski definition) is 2. The second-order valence-corrected chi connectivity index (χ2v) is 8.50. The van der Waals surface area contributed by atoms with Gasteiger partial charge in [0.25, 0.3) is 0 Å². The summed E-state index contributed by atoms with van der Waals surface area (Å²) in [6, 6.07) is 9.91. The van der Waals surface area contributed by atoms with E-state index in [0.29, 0.717) is 12.2 Å². The number of rotatable bonds is 2. The summed E-state index contributed by atoms with van der Waals surface area (Å²) in [4.78, 5) is 23.6. The first kappa shape index (κ1) is 17.9. The monoisotopic (exact) mass is 381 g/mol. The lowest BCUT2D eigenvalue weighted by molar-refractivity contribution is 0.201. The van der Waals surface area contributed by atoms with Crippen molar-refractivity contribution >= 4 is 33.3 Å². The Bertz CT molecular complexity index is 935. The molecule has 1 fully saturated rings. The van der Waals surface area contributed by atoms with Gasteiger partial charge in [-0.15, -0.1) is 11.3 Å². The minimum atomic E-state index is -0.0884. The number of nitrogens with zero attached hydrogens (tertiary/aromatic N) is 3. The number of urea groups is 1. The highest BCUT2D eigenvalue weighted by Gasteiger charge is 2.27. The van der Waals surface area contributed by atoms with Crippen LogP contribution in [0.15, 0.2) is 42.7 Å². The number of hydrogen-bond acceptors (Lipinski definition) is 5. The number of amides is 2. The van der Waals surface area contributed by atoms with Gasteiger partial charge in [0.05, 0.1) is 22.1 Å². The van der Waals surface area contributed by atoms with Crippen LogP contribution in [0.4, 0.5) is 10.5 Å². The van der Waals surface area contributed by atoms with Gasteiger partial charge in [-0.1, -0.05) is 12.1 Å². The Morgan fingerprint density at radius 2 is 2.15 bits per heavy atom. The van der Waals surface area contributed by atoms with Crippen LogP contribution in [-0.2, 0) is 0 Å². The van der Waals surface area contributed by atoms with E-state index in [0.717, 1.165) is 40.3 Å². The summed E-state index contributed by atoms with van der Waals surface area (Å²) in [5.74, 6) is 0. The molecule has 1 aliphatic heterocycles. The summed E-state index contributed by atoms with van der Waals surface area (Å²) in [6.45, 7) is 6.57. The first-order valence-electron chi connectivity index (χ1n) is 9.12. The Morgan fingerprint density at radius 1 is 1.30 bits per heavy atom. The second-order valence-electron chi connectivity index (χ2n) is 7.46. The van der Waals surface area contributed by atoms with Crippen LogP contribution in [0.3, 0.4) is 0 Å². The quantitative estimate of drug-likeness (QED) is 0.705. The molecule has 1 aliphatic rings. The van der Waals surface area contributed by atoms with E-state index in [1.807, 2.05) is 29.2 Å².